The van der Waals surface area contributed by atoms with Crippen LogP contribution in [0.15, 0.2) is 35.5 Å². The third-order valence-corrected chi connectivity index (χ3v) is 2.44. The van der Waals surface area contributed by atoms with Gasteiger partial charge in [-0.15, -0.1) is 0 Å². The molecule has 2 heterocycles. The van der Waals surface area contributed by atoms with Crippen LogP contribution in [0.4, 0.5) is 5.69 Å². The fourth-order valence-electron chi connectivity index (χ4n) is 1.54. The van der Waals surface area contributed by atoms with Gasteiger partial charge >= 0.3 is 0 Å². The Balaban J connectivity index is 1.99. The van der Waals surface area contributed by atoms with E-state index in [0.29, 0.717) is 31.9 Å². The summed E-state index contributed by atoms with van der Waals surface area (Å²) < 4.78 is 3.17. The van der Waals surface area contributed by atoms with E-state index in [4.69, 9.17) is 5.73 Å². The molecule has 7 heteroatoms. The van der Waals surface area contributed by atoms with Crippen LogP contribution in [-0.4, -0.2) is 32.7 Å². The van der Waals surface area contributed by atoms with Gasteiger partial charge in [-0.2, -0.15) is 10.2 Å². The molecule has 0 amide bonds. The van der Waals surface area contributed by atoms with E-state index in [0.717, 1.165) is 0 Å². The van der Waals surface area contributed by atoms with Crippen molar-refractivity contribution in [2.75, 3.05) is 18.4 Å². The first-order chi connectivity index (χ1) is 8.79. The summed E-state index contributed by atoms with van der Waals surface area (Å²) in [5.74, 6) is 0. The van der Waals surface area contributed by atoms with Crippen LogP contribution < -0.4 is 16.6 Å². The Morgan fingerprint density at radius 3 is 2.89 bits per heavy atom. The van der Waals surface area contributed by atoms with Gasteiger partial charge in [0.25, 0.3) is 5.56 Å². The fraction of sp³-hybridized carbons (Fsp3) is 0.364. The number of rotatable bonds is 6. The third-order valence-electron chi connectivity index (χ3n) is 2.44. The maximum atomic E-state index is 11.8. The first-order valence-electron chi connectivity index (χ1n) is 5.78. The average Bonchev–Trinajstić information content (AvgIpc) is 2.88. The molecule has 0 unspecified atom stereocenters. The molecule has 96 valence electrons. The normalized spacial score (nSPS) is 10.5. The highest BCUT2D eigenvalue weighted by molar-refractivity contribution is 5.38. The summed E-state index contributed by atoms with van der Waals surface area (Å²) in [5, 5.41) is 11.2. The van der Waals surface area contributed by atoms with Gasteiger partial charge in [-0.05, 0) is 6.07 Å². The van der Waals surface area contributed by atoms with Gasteiger partial charge in [0.2, 0.25) is 0 Å². The first-order valence-corrected chi connectivity index (χ1v) is 5.78. The highest BCUT2D eigenvalue weighted by Crippen LogP contribution is 1.98. The molecule has 0 aromatic carbocycles. The standard InChI is InChI=1S/C11H16N6O/c12-2-4-13-10-8-11(18)17(15-9-10)7-6-16-5-1-3-14-16/h1,3,5,8-9,13H,2,4,6-7,12H2. The lowest BCUT2D eigenvalue weighted by Crippen LogP contribution is -2.25. The Kier molecular flexibility index (Phi) is 4.08. The minimum Gasteiger partial charge on any atom is -0.382 e. The van der Waals surface area contributed by atoms with Gasteiger partial charge in [-0.1, -0.05) is 0 Å². The van der Waals surface area contributed by atoms with E-state index in [9.17, 15) is 4.79 Å². The van der Waals surface area contributed by atoms with Crippen LogP contribution in [0.3, 0.4) is 0 Å². The molecule has 0 aliphatic heterocycles. The van der Waals surface area contributed by atoms with Gasteiger partial charge in [0.1, 0.15) is 0 Å². The van der Waals surface area contributed by atoms with Crippen molar-refractivity contribution in [3.05, 3.63) is 41.1 Å². The molecule has 0 bridgehead atoms. The molecule has 0 aliphatic rings. The number of aryl methyl sites for hydroxylation is 2. The minimum absolute atomic E-state index is 0.135. The van der Waals surface area contributed by atoms with E-state index in [2.05, 4.69) is 15.5 Å². The summed E-state index contributed by atoms with van der Waals surface area (Å²) in [6, 6.07) is 3.36. The van der Waals surface area contributed by atoms with Crippen LogP contribution >= 0.6 is 0 Å². The van der Waals surface area contributed by atoms with E-state index < -0.39 is 0 Å². The van der Waals surface area contributed by atoms with Crippen molar-refractivity contribution in [3.8, 4) is 0 Å². The monoisotopic (exact) mass is 248 g/mol. The molecule has 0 fully saturated rings. The Morgan fingerprint density at radius 1 is 1.33 bits per heavy atom. The van der Waals surface area contributed by atoms with Crippen molar-refractivity contribution in [2.24, 2.45) is 5.73 Å². The topological polar surface area (TPSA) is 90.8 Å². The average molecular weight is 248 g/mol. The molecule has 0 aliphatic carbocycles. The summed E-state index contributed by atoms with van der Waals surface area (Å²) in [4.78, 5) is 11.8. The minimum atomic E-state index is -0.135. The van der Waals surface area contributed by atoms with Gasteiger partial charge < -0.3 is 11.1 Å². The molecule has 18 heavy (non-hydrogen) atoms. The predicted molar refractivity (Wildman–Crippen MR) is 68.3 cm³/mol. The molecule has 0 atom stereocenters. The van der Waals surface area contributed by atoms with Crippen molar-refractivity contribution < 1.29 is 0 Å². The first kappa shape index (κ1) is 12.3. The van der Waals surface area contributed by atoms with Gasteiger partial charge in [-0.25, -0.2) is 4.68 Å². The summed E-state index contributed by atoms with van der Waals surface area (Å²) in [6.45, 7) is 2.26. The summed E-state index contributed by atoms with van der Waals surface area (Å²) in [6.07, 6.45) is 5.18. The van der Waals surface area contributed by atoms with E-state index in [1.165, 1.54) is 10.7 Å². The number of nitrogens with zero attached hydrogens (tertiary/aromatic N) is 4. The Hall–Kier alpha value is -2.15. The highest BCUT2D eigenvalue weighted by atomic mass is 16.1. The molecule has 2 aromatic heterocycles. The van der Waals surface area contributed by atoms with Gasteiger partial charge in [-0.3, -0.25) is 9.48 Å². The number of anilines is 1. The second-order valence-corrected chi connectivity index (χ2v) is 3.79. The molecule has 7 nitrogen and oxygen atoms in total. The summed E-state index contributed by atoms with van der Waals surface area (Å²) in [5.41, 5.74) is 5.93. The number of nitrogens with two attached hydrogens (primary N) is 1. The molecule has 2 aromatic rings. The lowest BCUT2D eigenvalue weighted by molar-refractivity contribution is 0.483. The smallest absolute Gasteiger partial charge is 0.268 e. The zero-order chi connectivity index (χ0) is 12.8. The summed E-state index contributed by atoms with van der Waals surface area (Å²) >= 11 is 0. The number of nitrogens with one attached hydrogen (secondary N) is 1. The largest absolute Gasteiger partial charge is 0.382 e. The zero-order valence-electron chi connectivity index (χ0n) is 9.99. The molecular weight excluding hydrogens is 232 g/mol. The fourth-order valence-corrected chi connectivity index (χ4v) is 1.54. The molecule has 0 saturated heterocycles. The molecule has 2 rings (SSSR count). The maximum Gasteiger partial charge on any atom is 0.268 e. The molecular formula is C11H16N6O. The predicted octanol–water partition coefficient (Wildman–Crippen LogP) is -0.489. The number of hydrogen-bond donors (Lipinski definition) is 2. The Labute approximate surface area is 104 Å². The zero-order valence-corrected chi connectivity index (χ0v) is 9.99. The van der Waals surface area contributed by atoms with Crippen LogP contribution in [0.2, 0.25) is 0 Å². The molecule has 0 saturated carbocycles. The molecule has 0 radical (unpaired) electrons. The van der Waals surface area contributed by atoms with Gasteiger partial charge in [0, 0.05) is 31.5 Å². The van der Waals surface area contributed by atoms with Crippen molar-refractivity contribution in [3.63, 3.8) is 0 Å². The third kappa shape index (κ3) is 3.17. The van der Waals surface area contributed by atoms with Crippen molar-refractivity contribution in [1.29, 1.82) is 0 Å². The van der Waals surface area contributed by atoms with Crippen LogP contribution in [-0.2, 0) is 13.1 Å². The van der Waals surface area contributed by atoms with E-state index in [-0.39, 0.29) is 5.56 Å². The van der Waals surface area contributed by atoms with Gasteiger partial charge in [0.05, 0.1) is 25.0 Å². The maximum absolute atomic E-state index is 11.8. The SMILES string of the molecule is NCCNc1cnn(CCn2cccn2)c(=O)c1. The van der Waals surface area contributed by atoms with E-state index >= 15 is 0 Å². The lowest BCUT2D eigenvalue weighted by atomic mass is 10.4. The number of hydrogen-bond acceptors (Lipinski definition) is 5. The van der Waals surface area contributed by atoms with Crippen molar-refractivity contribution in [1.82, 2.24) is 19.6 Å². The van der Waals surface area contributed by atoms with Crippen LogP contribution in [0, 0.1) is 0 Å². The Bertz CT molecular complexity index is 533. The Morgan fingerprint density at radius 2 is 2.22 bits per heavy atom. The van der Waals surface area contributed by atoms with Crippen LogP contribution in [0.5, 0.6) is 0 Å². The van der Waals surface area contributed by atoms with Crippen LogP contribution in [0.25, 0.3) is 0 Å². The second-order valence-electron chi connectivity index (χ2n) is 3.79. The van der Waals surface area contributed by atoms with Crippen LogP contribution in [0.1, 0.15) is 0 Å². The van der Waals surface area contributed by atoms with E-state index in [1.54, 1.807) is 17.1 Å². The second kappa shape index (κ2) is 5.97. The van der Waals surface area contributed by atoms with E-state index in [1.807, 2.05) is 12.3 Å². The highest BCUT2D eigenvalue weighted by Gasteiger charge is 2.00. The lowest BCUT2D eigenvalue weighted by Gasteiger charge is -2.07. The van der Waals surface area contributed by atoms with Crippen molar-refractivity contribution in [2.45, 2.75) is 13.1 Å². The molecule has 0 spiro atoms. The van der Waals surface area contributed by atoms with Gasteiger partial charge in [0.15, 0.2) is 0 Å². The number of aromatic nitrogens is 4. The quantitative estimate of drug-likeness (QED) is 0.720. The van der Waals surface area contributed by atoms with Crippen molar-refractivity contribution >= 4 is 5.69 Å². The molecule has 3 N–H and O–H groups in total. The summed E-state index contributed by atoms with van der Waals surface area (Å²) in [7, 11) is 0.